The minimum absolute atomic E-state index is 0.0113. The lowest BCUT2D eigenvalue weighted by atomic mass is 10.2. The van der Waals surface area contributed by atoms with Crippen LogP contribution in [0.15, 0.2) is 54.2 Å². The number of nitriles is 1. The highest BCUT2D eigenvalue weighted by atomic mass is 35.5. The summed E-state index contributed by atoms with van der Waals surface area (Å²) in [6, 6.07) is 10.8. The Kier molecular flexibility index (Phi) is 6.09. The largest absolute Gasteiger partial charge is 0.478 e. The molecule has 0 aliphatic heterocycles. The van der Waals surface area contributed by atoms with E-state index in [4.69, 9.17) is 22.0 Å². The van der Waals surface area contributed by atoms with Crippen molar-refractivity contribution in [1.29, 1.82) is 5.26 Å². The number of nitro benzene ring substituents is 1. The molecule has 0 saturated heterocycles. The zero-order chi connectivity index (χ0) is 20.0. The second-order valence-corrected chi connectivity index (χ2v) is 5.48. The van der Waals surface area contributed by atoms with E-state index in [1.54, 1.807) is 6.07 Å². The van der Waals surface area contributed by atoms with E-state index in [1.165, 1.54) is 36.4 Å². The molecule has 0 spiro atoms. The van der Waals surface area contributed by atoms with E-state index in [0.717, 1.165) is 12.3 Å². The summed E-state index contributed by atoms with van der Waals surface area (Å²) >= 11 is 5.90. The molecule has 0 radical (unpaired) electrons. The van der Waals surface area contributed by atoms with Crippen molar-refractivity contribution < 1.29 is 19.6 Å². The molecule has 0 aliphatic carbocycles. The van der Waals surface area contributed by atoms with Gasteiger partial charge in [-0.3, -0.25) is 14.9 Å². The van der Waals surface area contributed by atoms with Gasteiger partial charge < -0.3 is 15.7 Å². The number of rotatable bonds is 6. The van der Waals surface area contributed by atoms with Crippen LogP contribution in [0.4, 0.5) is 17.1 Å². The molecule has 3 N–H and O–H groups in total. The molecular formula is C17H11ClN4O5. The molecule has 0 aromatic heterocycles. The molecule has 0 bridgehead atoms. The van der Waals surface area contributed by atoms with Gasteiger partial charge >= 0.3 is 5.97 Å². The van der Waals surface area contributed by atoms with Crippen LogP contribution >= 0.6 is 11.6 Å². The summed E-state index contributed by atoms with van der Waals surface area (Å²) in [6.07, 6.45) is 1.12. The van der Waals surface area contributed by atoms with Crippen molar-refractivity contribution in [2.45, 2.75) is 0 Å². The third kappa shape index (κ3) is 5.04. The van der Waals surface area contributed by atoms with Crippen molar-refractivity contribution in [3.8, 4) is 6.07 Å². The predicted octanol–water partition coefficient (Wildman–Crippen LogP) is 3.40. The number of anilines is 2. The average molecular weight is 387 g/mol. The van der Waals surface area contributed by atoms with Crippen LogP contribution in [-0.2, 0) is 4.79 Å². The van der Waals surface area contributed by atoms with Gasteiger partial charge in [0.05, 0.1) is 21.2 Å². The average Bonchev–Trinajstić information content (AvgIpc) is 2.64. The van der Waals surface area contributed by atoms with Crippen molar-refractivity contribution in [3.05, 3.63) is 74.9 Å². The van der Waals surface area contributed by atoms with Gasteiger partial charge in [0.1, 0.15) is 11.6 Å². The van der Waals surface area contributed by atoms with E-state index in [0.29, 0.717) is 5.69 Å². The fraction of sp³-hybridized carbons (Fsp3) is 0. The topological polar surface area (TPSA) is 145 Å². The normalized spacial score (nSPS) is 10.6. The number of carbonyl (C=O) groups excluding carboxylic acids is 1. The van der Waals surface area contributed by atoms with E-state index in [9.17, 15) is 19.7 Å². The highest BCUT2D eigenvalue weighted by molar-refractivity contribution is 6.34. The highest BCUT2D eigenvalue weighted by Gasteiger charge is 2.15. The number of nitrogens with zero attached hydrogens (tertiary/aromatic N) is 2. The third-order valence-electron chi connectivity index (χ3n) is 3.29. The standard InChI is InChI=1S/C17H11ClN4O5/c18-14-6-5-13(22(26)27)7-15(14)21-16(23)11(8-19)9-20-12-3-1-10(2-4-12)17(24)25/h1-7,9,20H,(H,21,23)(H,24,25)/b11-9-. The Morgan fingerprint density at radius 1 is 1.22 bits per heavy atom. The Morgan fingerprint density at radius 2 is 1.89 bits per heavy atom. The fourth-order valence-corrected chi connectivity index (χ4v) is 2.09. The lowest BCUT2D eigenvalue weighted by Gasteiger charge is -2.07. The first-order valence-electron chi connectivity index (χ1n) is 7.27. The molecular weight excluding hydrogens is 376 g/mol. The molecule has 1 amide bonds. The number of halogens is 1. The number of benzene rings is 2. The molecule has 0 aliphatic rings. The first-order valence-corrected chi connectivity index (χ1v) is 7.65. The lowest BCUT2D eigenvalue weighted by molar-refractivity contribution is -0.384. The first kappa shape index (κ1) is 19.4. The maximum Gasteiger partial charge on any atom is 0.335 e. The molecule has 0 unspecified atom stereocenters. The number of nitro groups is 1. The molecule has 0 heterocycles. The van der Waals surface area contributed by atoms with Gasteiger partial charge in [-0.2, -0.15) is 5.26 Å². The van der Waals surface area contributed by atoms with Gasteiger partial charge in [0.15, 0.2) is 0 Å². The minimum atomic E-state index is -1.08. The van der Waals surface area contributed by atoms with Crippen molar-refractivity contribution in [1.82, 2.24) is 0 Å². The molecule has 27 heavy (non-hydrogen) atoms. The number of aromatic carboxylic acids is 1. The van der Waals surface area contributed by atoms with Crippen LogP contribution < -0.4 is 10.6 Å². The van der Waals surface area contributed by atoms with Crippen LogP contribution in [0.25, 0.3) is 0 Å². The summed E-state index contributed by atoms with van der Waals surface area (Å²) in [5.74, 6) is -1.91. The van der Waals surface area contributed by atoms with Gasteiger partial charge in [0, 0.05) is 24.0 Å². The van der Waals surface area contributed by atoms with Crippen LogP contribution in [0.1, 0.15) is 10.4 Å². The molecule has 2 rings (SSSR count). The molecule has 2 aromatic carbocycles. The van der Waals surface area contributed by atoms with Crippen LogP contribution in [0, 0.1) is 21.4 Å². The Morgan fingerprint density at radius 3 is 2.44 bits per heavy atom. The van der Waals surface area contributed by atoms with Crippen LogP contribution in [0.5, 0.6) is 0 Å². The number of nitrogens with one attached hydrogen (secondary N) is 2. The number of hydrogen-bond donors (Lipinski definition) is 3. The fourth-order valence-electron chi connectivity index (χ4n) is 1.93. The van der Waals surface area contributed by atoms with Crippen LogP contribution in [-0.4, -0.2) is 21.9 Å². The van der Waals surface area contributed by atoms with Gasteiger partial charge in [-0.25, -0.2) is 4.79 Å². The summed E-state index contributed by atoms with van der Waals surface area (Å²) in [5.41, 5.74) is -0.0615. The summed E-state index contributed by atoms with van der Waals surface area (Å²) in [4.78, 5) is 33.2. The van der Waals surface area contributed by atoms with Crippen molar-refractivity contribution in [2.24, 2.45) is 0 Å². The monoisotopic (exact) mass is 386 g/mol. The van der Waals surface area contributed by atoms with Crippen LogP contribution in [0.2, 0.25) is 5.02 Å². The maximum absolute atomic E-state index is 12.2. The minimum Gasteiger partial charge on any atom is -0.478 e. The van der Waals surface area contributed by atoms with Crippen molar-refractivity contribution in [3.63, 3.8) is 0 Å². The van der Waals surface area contributed by atoms with E-state index in [2.05, 4.69) is 10.6 Å². The van der Waals surface area contributed by atoms with E-state index >= 15 is 0 Å². The van der Waals surface area contributed by atoms with Gasteiger partial charge in [0.25, 0.3) is 11.6 Å². The van der Waals surface area contributed by atoms with Gasteiger partial charge in [0.2, 0.25) is 0 Å². The predicted molar refractivity (Wildman–Crippen MR) is 97.5 cm³/mol. The smallest absolute Gasteiger partial charge is 0.335 e. The number of carboxylic acid groups (broad SMARTS) is 1. The number of non-ortho nitro benzene ring substituents is 1. The van der Waals surface area contributed by atoms with E-state index < -0.39 is 16.8 Å². The number of hydrogen-bond acceptors (Lipinski definition) is 6. The summed E-state index contributed by atoms with van der Waals surface area (Å²) in [6.45, 7) is 0. The number of carboxylic acids is 1. The second kappa shape index (κ2) is 8.46. The summed E-state index contributed by atoms with van der Waals surface area (Å²) < 4.78 is 0. The van der Waals surface area contributed by atoms with E-state index in [1.807, 2.05) is 0 Å². The molecule has 0 fully saturated rings. The van der Waals surface area contributed by atoms with Gasteiger partial charge in [-0.1, -0.05) is 11.6 Å². The third-order valence-corrected chi connectivity index (χ3v) is 3.62. The van der Waals surface area contributed by atoms with Crippen molar-refractivity contribution in [2.75, 3.05) is 10.6 Å². The first-order chi connectivity index (χ1) is 12.8. The molecule has 136 valence electrons. The summed E-state index contributed by atoms with van der Waals surface area (Å²) in [7, 11) is 0. The molecule has 9 nitrogen and oxygen atoms in total. The molecule has 2 aromatic rings. The Bertz CT molecular complexity index is 980. The van der Waals surface area contributed by atoms with E-state index in [-0.39, 0.29) is 27.5 Å². The quantitative estimate of drug-likeness (QED) is 0.298. The maximum atomic E-state index is 12.2. The number of carbonyl (C=O) groups is 2. The Hall–Kier alpha value is -3.90. The zero-order valence-electron chi connectivity index (χ0n) is 13.5. The van der Waals surface area contributed by atoms with Gasteiger partial charge in [-0.15, -0.1) is 0 Å². The van der Waals surface area contributed by atoms with Gasteiger partial charge in [-0.05, 0) is 30.3 Å². The van der Waals surface area contributed by atoms with Crippen LogP contribution in [0.3, 0.4) is 0 Å². The summed E-state index contributed by atoms with van der Waals surface area (Å²) in [5, 5.41) is 33.9. The molecule has 0 saturated carbocycles. The Labute approximate surface area is 157 Å². The molecule has 0 atom stereocenters. The highest BCUT2D eigenvalue weighted by Crippen LogP contribution is 2.27. The number of amides is 1. The Balaban J connectivity index is 2.15. The SMILES string of the molecule is N#C/C(=C/Nc1ccc(C(=O)O)cc1)C(=O)Nc1cc([N+](=O)[O-])ccc1Cl. The lowest BCUT2D eigenvalue weighted by Crippen LogP contribution is -2.15. The second-order valence-electron chi connectivity index (χ2n) is 5.07. The van der Waals surface area contributed by atoms with Crippen molar-refractivity contribution >= 4 is 40.5 Å². The zero-order valence-corrected chi connectivity index (χ0v) is 14.2. The molecule has 10 heteroatoms.